The van der Waals surface area contributed by atoms with E-state index in [1.165, 1.54) is 38.5 Å². The van der Waals surface area contributed by atoms with Crippen LogP contribution in [0, 0.1) is 11.8 Å². The van der Waals surface area contributed by atoms with Gasteiger partial charge in [-0.15, -0.1) is 0 Å². The second-order valence-electron chi connectivity index (χ2n) is 6.50. The summed E-state index contributed by atoms with van der Waals surface area (Å²) in [5.41, 5.74) is 6.51. The van der Waals surface area contributed by atoms with E-state index in [9.17, 15) is 0 Å². The van der Waals surface area contributed by atoms with Gasteiger partial charge in [0.05, 0.1) is 0 Å². The Morgan fingerprint density at radius 1 is 1.24 bits per heavy atom. The van der Waals surface area contributed by atoms with Crippen LogP contribution in [-0.2, 0) is 0 Å². The molecule has 2 fully saturated rings. The van der Waals surface area contributed by atoms with Crippen LogP contribution in [0.2, 0.25) is 0 Å². The van der Waals surface area contributed by atoms with Gasteiger partial charge in [-0.2, -0.15) is 0 Å². The molecule has 17 heavy (non-hydrogen) atoms. The lowest BCUT2D eigenvalue weighted by atomic mass is 9.72. The van der Waals surface area contributed by atoms with Gasteiger partial charge >= 0.3 is 0 Å². The van der Waals surface area contributed by atoms with E-state index in [2.05, 4.69) is 25.7 Å². The van der Waals surface area contributed by atoms with Crippen molar-refractivity contribution in [3.8, 4) is 0 Å². The summed E-state index contributed by atoms with van der Waals surface area (Å²) in [5.74, 6) is 2.02. The summed E-state index contributed by atoms with van der Waals surface area (Å²) in [4.78, 5) is 2.67. The van der Waals surface area contributed by atoms with E-state index in [1.54, 1.807) is 0 Å². The molecule has 0 aromatic rings. The molecule has 2 atom stereocenters. The monoisotopic (exact) mass is 238 g/mol. The average molecular weight is 238 g/mol. The highest BCUT2D eigenvalue weighted by atomic mass is 15.2. The molecule has 0 bridgehead atoms. The molecule has 2 rings (SSSR count). The van der Waals surface area contributed by atoms with Gasteiger partial charge in [0.25, 0.3) is 0 Å². The third-order valence-electron chi connectivity index (χ3n) is 5.10. The first-order chi connectivity index (χ1) is 8.13. The smallest absolute Gasteiger partial charge is 0.0337 e. The van der Waals surface area contributed by atoms with Crippen LogP contribution >= 0.6 is 0 Å². The topological polar surface area (TPSA) is 29.3 Å². The number of hydrogen-bond donors (Lipinski definition) is 1. The van der Waals surface area contributed by atoms with Crippen molar-refractivity contribution in [1.82, 2.24) is 4.90 Å². The first-order valence-corrected chi connectivity index (χ1v) is 7.60. The quantitative estimate of drug-likeness (QED) is 0.798. The molecular formula is C15H30N2. The van der Waals surface area contributed by atoms with Crippen LogP contribution in [0.25, 0.3) is 0 Å². The summed E-state index contributed by atoms with van der Waals surface area (Å²) in [6.45, 7) is 8.93. The average Bonchev–Trinajstić information content (AvgIpc) is 3.13. The molecule has 100 valence electrons. The lowest BCUT2D eigenvalue weighted by molar-refractivity contribution is 0.0122. The summed E-state index contributed by atoms with van der Waals surface area (Å²) in [7, 11) is 0. The van der Waals surface area contributed by atoms with Gasteiger partial charge in [0, 0.05) is 18.1 Å². The first-order valence-electron chi connectivity index (χ1n) is 7.60. The highest BCUT2D eigenvalue weighted by Gasteiger charge is 2.44. The van der Waals surface area contributed by atoms with E-state index in [4.69, 9.17) is 5.73 Å². The zero-order chi connectivity index (χ0) is 12.5. The van der Waals surface area contributed by atoms with Crippen LogP contribution in [0.15, 0.2) is 0 Å². The Morgan fingerprint density at radius 2 is 1.94 bits per heavy atom. The van der Waals surface area contributed by atoms with Crippen LogP contribution in [-0.4, -0.2) is 29.6 Å². The highest BCUT2D eigenvalue weighted by Crippen LogP contribution is 2.48. The minimum absolute atomic E-state index is 0.314. The molecule has 0 saturated heterocycles. The normalized spacial score (nSPS) is 34.6. The Morgan fingerprint density at radius 3 is 2.41 bits per heavy atom. The van der Waals surface area contributed by atoms with Crippen molar-refractivity contribution in [2.45, 2.75) is 70.9 Å². The molecule has 0 radical (unpaired) electrons. The van der Waals surface area contributed by atoms with Crippen LogP contribution in [0.5, 0.6) is 0 Å². The predicted molar refractivity (Wildman–Crippen MR) is 74.0 cm³/mol. The van der Waals surface area contributed by atoms with Crippen molar-refractivity contribution >= 4 is 0 Å². The molecule has 2 N–H and O–H groups in total. The van der Waals surface area contributed by atoms with Crippen molar-refractivity contribution in [2.75, 3.05) is 13.1 Å². The largest absolute Gasteiger partial charge is 0.329 e. The molecule has 0 aromatic carbocycles. The van der Waals surface area contributed by atoms with E-state index in [-0.39, 0.29) is 0 Å². The van der Waals surface area contributed by atoms with Gasteiger partial charge in [0.1, 0.15) is 0 Å². The maximum Gasteiger partial charge on any atom is 0.0337 e. The van der Waals surface area contributed by atoms with E-state index >= 15 is 0 Å². The van der Waals surface area contributed by atoms with Crippen molar-refractivity contribution in [1.29, 1.82) is 0 Å². The fourth-order valence-electron chi connectivity index (χ4n) is 4.17. The number of nitrogens with two attached hydrogens (primary N) is 1. The molecular weight excluding hydrogens is 208 g/mol. The van der Waals surface area contributed by atoms with Crippen LogP contribution < -0.4 is 5.73 Å². The second kappa shape index (κ2) is 5.27. The van der Waals surface area contributed by atoms with E-state index < -0.39 is 0 Å². The standard InChI is InChI=1S/C15H30N2/c1-4-17(12(2)3)15(11-16)9-5-6-14(10-15)13-7-8-13/h12-14H,4-11,16H2,1-3H3. The number of likely N-dealkylation sites (N-methyl/N-ethyl adjacent to an activating group) is 1. The molecule has 2 saturated carbocycles. The Labute approximate surface area is 107 Å². The third-order valence-corrected chi connectivity index (χ3v) is 5.10. The Hall–Kier alpha value is -0.0800. The Balaban J connectivity index is 2.10. The zero-order valence-electron chi connectivity index (χ0n) is 11.9. The minimum Gasteiger partial charge on any atom is -0.329 e. The highest BCUT2D eigenvalue weighted by molar-refractivity contribution is 5.00. The molecule has 2 nitrogen and oxygen atoms in total. The molecule has 0 aromatic heterocycles. The number of nitrogens with zero attached hydrogens (tertiary/aromatic N) is 1. The van der Waals surface area contributed by atoms with Crippen molar-refractivity contribution in [3.63, 3.8) is 0 Å². The van der Waals surface area contributed by atoms with Crippen molar-refractivity contribution < 1.29 is 0 Å². The maximum absolute atomic E-state index is 6.19. The first kappa shape index (κ1) is 13.4. The van der Waals surface area contributed by atoms with E-state index in [1.807, 2.05) is 0 Å². The van der Waals surface area contributed by atoms with Gasteiger partial charge in [-0.25, -0.2) is 0 Å². The van der Waals surface area contributed by atoms with Gasteiger partial charge in [0.15, 0.2) is 0 Å². The van der Waals surface area contributed by atoms with Crippen LogP contribution in [0.3, 0.4) is 0 Å². The van der Waals surface area contributed by atoms with Crippen molar-refractivity contribution in [3.05, 3.63) is 0 Å². The zero-order valence-corrected chi connectivity index (χ0v) is 11.9. The summed E-state index contributed by atoms with van der Waals surface area (Å²) in [6.07, 6.45) is 8.50. The molecule has 2 heteroatoms. The lowest BCUT2D eigenvalue weighted by Crippen LogP contribution is -2.58. The Bertz CT molecular complexity index is 247. The molecule has 0 spiro atoms. The van der Waals surface area contributed by atoms with E-state index in [0.29, 0.717) is 11.6 Å². The molecule has 0 heterocycles. The lowest BCUT2D eigenvalue weighted by Gasteiger charge is -2.50. The summed E-state index contributed by atoms with van der Waals surface area (Å²) in [6, 6.07) is 0.626. The molecule has 2 aliphatic carbocycles. The van der Waals surface area contributed by atoms with Gasteiger partial charge in [-0.3, -0.25) is 4.90 Å². The maximum atomic E-state index is 6.19. The number of rotatable bonds is 5. The summed E-state index contributed by atoms with van der Waals surface area (Å²) in [5, 5.41) is 0. The SMILES string of the molecule is CCN(C(C)C)C1(CN)CCCC(C2CC2)C1. The van der Waals surface area contributed by atoms with Crippen LogP contribution in [0.4, 0.5) is 0 Å². The molecule has 0 aliphatic heterocycles. The van der Waals surface area contributed by atoms with Gasteiger partial charge in [-0.1, -0.05) is 19.8 Å². The fourth-order valence-corrected chi connectivity index (χ4v) is 4.17. The third kappa shape index (κ3) is 2.68. The fraction of sp³-hybridized carbons (Fsp3) is 1.00. The predicted octanol–water partition coefficient (Wildman–Crippen LogP) is 3.01. The molecule has 2 aliphatic rings. The van der Waals surface area contributed by atoms with Gasteiger partial charge < -0.3 is 5.73 Å². The molecule has 2 unspecified atom stereocenters. The number of hydrogen-bond acceptors (Lipinski definition) is 2. The van der Waals surface area contributed by atoms with Crippen molar-refractivity contribution in [2.24, 2.45) is 17.6 Å². The molecule has 0 amide bonds. The van der Waals surface area contributed by atoms with Crippen LogP contribution in [0.1, 0.15) is 59.3 Å². The van der Waals surface area contributed by atoms with Gasteiger partial charge in [-0.05, 0) is 57.9 Å². The summed E-state index contributed by atoms with van der Waals surface area (Å²) >= 11 is 0. The minimum atomic E-state index is 0.314. The summed E-state index contributed by atoms with van der Waals surface area (Å²) < 4.78 is 0. The van der Waals surface area contributed by atoms with E-state index in [0.717, 1.165) is 24.9 Å². The Kier molecular flexibility index (Phi) is 4.14. The van der Waals surface area contributed by atoms with Gasteiger partial charge in [0.2, 0.25) is 0 Å². The second-order valence-corrected chi connectivity index (χ2v) is 6.50.